The molecule has 0 amide bonds. The molecule has 1 rings (SSSR count). The molecular weight excluding hydrogens is 193 g/mol. The van der Waals surface area contributed by atoms with Crippen LogP contribution < -0.4 is 0 Å². The molecule has 0 fully saturated rings. The summed E-state index contributed by atoms with van der Waals surface area (Å²) in [5.41, 5.74) is -0.700. The number of hydrogen-bond donors (Lipinski definition) is 0. The second kappa shape index (κ2) is 3.27. The summed E-state index contributed by atoms with van der Waals surface area (Å²) >= 11 is 0. The standard InChI is InChI=1S/C7H4F5N/c8-5-2-1-4(3-13-5)6(9)7(10,11)12/h1-3,6H. The van der Waals surface area contributed by atoms with E-state index in [0.29, 0.717) is 18.3 Å². The van der Waals surface area contributed by atoms with Crippen molar-refractivity contribution >= 4 is 0 Å². The van der Waals surface area contributed by atoms with Gasteiger partial charge in [-0.2, -0.15) is 17.6 Å². The fourth-order valence-electron chi connectivity index (χ4n) is 0.726. The smallest absolute Gasteiger partial charge is 0.232 e. The highest BCUT2D eigenvalue weighted by Crippen LogP contribution is 2.35. The Bertz CT molecular complexity index is 278. The van der Waals surface area contributed by atoms with Crippen LogP contribution in [0.15, 0.2) is 18.3 Å². The van der Waals surface area contributed by atoms with Crippen molar-refractivity contribution in [1.82, 2.24) is 4.98 Å². The number of halogens is 5. The summed E-state index contributed by atoms with van der Waals surface area (Å²) in [6, 6.07) is 1.38. The number of alkyl halides is 4. The van der Waals surface area contributed by atoms with Crippen LogP contribution in [0, 0.1) is 5.95 Å². The summed E-state index contributed by atoms with van der Waals surface area (Å²) in [4.78, 5) is 2.91. The predicted molar refractivity (Wildman–Crippen MR) is 34.1 cm³/mol. The van der Waals surface area contributed by atoms with Gasteiger partial charge >= 0.3 is 6.18 Å². The van der Waals surface area contributed by atoms with E-state index >= 15 is 0 Å². The summed E-state index contributed by atoms with van der Waals surface area (Å²) in [5.74, 6) is -0.946. The van der Waals surface area contributed by atoms with E-state index in [4.69, 9.17) is 0 Å². The molecule has 0 radical (unpaired) electrons. The maximum atomic E-state index is 12.5. The topological polar surface area (TPSA) is 12.9 Å². The first-order valence-electron chi connectivity index (χ1n) is 3.23. The lowest BCUT2D eigenvalue weighted by atomic mass is 10.2. The van der Waals surface area contributed by atoms with E-state index in [1.165, 1.54) is 0 Å². The Morgan fingerprint density at radius 3 is 2.23 bits per heavy atom. The summed E-state index contributed by atoms with van der Waals surface area (Å²) in [5, 5.41) is 0. The van der Waals surface area contributed by atoms with Gasteiger partial charge in [0.2, 0.25) is 12.1 Å². The van der Waals surface area contributed by atoms with Gasteiger partial charge in [-0.25, -0.2) is 9.37 Å². The molecule has 1 atom stereocenters. The third kappa shape index (κ3) is 2.37. The van der Waals surface area contributed by atoms with Gasteiger partial charge in [-0.1, -0.05) is 0 Å². The Hall–Kier alpha value is -1.20. The Kier molecular flexibility index (Phi) is 2.49. The molecule has 13 heavy (non-hydrogen) atoms. The van der Waals surface area contributed by atoms with Crippen LogP contribution in [0.3, 0.4) is 0 Å². The van der Waals surface area contributed by atoms with Gasteiger partial charge in [-0.15, -0.1) is 0 Å². The van der Waals surface area contributed by atoms with Gasteiger partial charge in [0, 0.05) is 11.8 Å². The van der Waals surface area contributed by atoms with E-state index in [9.17, 15) is 22.0 Å². The SMILES string of the molecule is Fc1ccc(C(F)C(F)(F)F)cn1. The first-order chi connectivity index (χ1) is 5.91. The Balaban J connectivity index is 2.90. The van der Waals surface area contributed by atoms with Crippen molar-refractivity contribution in [2.24, 2.45) is 0 Å². The molecule has 0 bridgehead atoms. The molecule has 1 unspecified atom stereocenters. The molecule has 72 valence electrons. The lowest BCUT2D eigenvalue weighted by Gasteiger charge is -2.11. The summed E-state index contributed by atoms with van der Waals surface area (Å²) in [7, 11) is 0. The maximum absolute atomic E-state index is 12.5. The van der Waals surface area contributed by atoms with Gasteiger partial charge in [0.15, 0.2) is 0 Å². The van der Waals surface area contributed by atoms with Crippen LogP contribution in [0.5, 0.6) is 0 Å². The number of rotatable bonds is 1. The first kappa shape index (κ1) is 9.88. The van der Waals surface area contributed by atoms with Crippen LogP contribution in [0.25, 0.3) is 0 Å². The minimum Gasteiger partial charge on any atom is -0.232 e. The summed E-state index contributed by atoms with van der Waals surface area (Å²) < 4.78 is 59.8. The van der Waals surface area contributed by atoms with E-state index in [1.54, 1.807) is 0 Å². The molecule has 0 saturated carbocycles. The zero-order chi connectivity index (χ0) is 10.1. The van der Waals surface area contributed by atoms with Crippen molar-refractivity contribution in [3.63, 3.8) is 0 Å². The molecule has 0 aliphatic carbocycles. The van der Waals surface area contributed by atoms with Crippen molar-refractivity contribution < 1.29 is 22.0 Å². The Morgan fingerprint density at radius 1 is 1.23 bits per heavy atom. The van der Waals surface area contributed by atoms with E-state index < -0.39 is 23.9 Å². The second-order valence-corrected chi connectivity index (χ2v) is 2.32. The molecule has 1 nitrogen and oxygen atoms in total. The van der Waals surface area contributed by atoms with Crippen LogP contribution in [0.2, 0.25) is 0 Å². The van der Waals surface area contributed by atoms with Gasteiger partial charge in [0.05, 0.1) is 0 Å². The van der Waals surface area contributed by atoms with E-state index in [0.717, 1.165) is 0 Å². The predicted octanol–water partition coefficient (Wildman–Crippen LogP) is 2.79. The average molecular weight is 197 g/mol. The number of aromatic nitrogens is 1. The fraction of sp³-hybridized carbons (Fsp3) is 0.286. The van der Waals surface area contributed by atoms with Crippen LogP contribution in [0.4, 0.5) is 22.0 Å². The number of pyridine rings is 1. The molecular formula is C7H4F5N. The molecule has 0 aliphatic heterocycles. The molecule has 1 aromatic rings. The van der Waals surface area contributed by atoms with Crippen LogP contribution in [0.1, 0.15) is 11.7 Å². The van der Waals surface area contributed by atoms with Crippen molar-refractivity contribution in [2.75, 3.05) is 0 Å². The number of nitrogens with zero attached hydrogens (tertiary/aromatic N) is 1. The third-order valence-electron chi connectivity index (χ3n) is 1.33. The third-order valence-corrected chi connectivity index (χ3v) is 1.33. The highest BCUT2D eigenvalue weighted by Gasteiger charge is 2.41. The lowest BCUT2D eigenvalue weighted by Crippen LogP contribution is -2.16. The first-order valence-corrected chi connectivity index (χ1v) is 3.23. The molecule has 0 aliphatic rings. The molecule has 0 saturated heterocycles. The zero-order valence-electron chi connectivity index (χ0n) is 6.15. The monoisotopic (exact) mass is 197 g/mol. The maximum Gasteiger partial charge on any atom is 0.423 e. The minimum atomic E-state index is -4.97. The Morgan fingerprint density at radius 2 is 1.85 bits per heavy atom. The highest BCUT2D eigenvalue weighted by atomic mass is 19.4. The van der Waals surface area contributed by atoms with Gasteiger partial charge in [0.1, 0.15) is 0 Å². The summed E-state index contributed by atoms with van der Waals surface area (Å²) in [6.45, 7) is 0. The van der Waals surface area contributed by atoms with Crippen LogP contribution in [-0.2, 0) is 0 Å². The molecule has 0 aromatic carbocycles. The second-order valence-electron chi connectivity index (χ2n) is 2.32. The summed E-state index contributed by atoms with van der Waals surface area (Å²) in [6.07, 6.45) is -7.56. The van der Waals surface area contributed by atoms with Crippen LogP contribution in [-0.4, -0.2) is 11.2 Å². The van der Waals surface area contributed by atoms with E-state index in [2.05, 4.69) is 4.98 Å². The quantitative estimate of drug-likeness (QED) is 0.498. The van der Waals surface area contributed by atoms with Gasteiger partial charge in [0.25, 0.3) is 0 Å². The van der Waals surface area contributed by atoms with Crippen molar-refractivity contribution in [3.05, 3.63) is 29.8 Å². The van der Waals surface area contributed by atoms with Crippen LogP contribution >= 0.6 is 0 Å². The van der Waals surface area contributed by atoms with E-state index in [-0.39, 0.29) is 0 Å². The van der Waals surface area contributed by atoms with E-state index in [1.807, 2.05) is 0 Å². The molecule has 1 heterocycles. The molecule has 6 heteroatoms. The van der Waals surface area contributed by atoms with Gasteiger partial charge in [-0.05, 0) is 12.1 Å². The van der Waals surface area contributed by atoms with Crippen molar-refractivity contribution in [1.29, 1.82) is 0 Å². The molecule has 0 spiro atoms. The molecule has 0 N–H and O–H groups in total. The largest absolute Gasteiger partial charge is 0.423 e. The highest BCUT2D eigenvalue weighted by molar-refractivity contribution is 5.14. The van der Waals surface area contributed by atoms with Crippen molar-refractivity contribution in [3.8, 4) is 0 Å². The average Bonchev–Trinajstić information content (AvgIpc) is 2.03. The normalized spacial score (nSPS) is 14.2. The van der Waals surface area contributed by atoms with Gasteiger partial charge < -0.3 is 0 Å². The fourth-order valence-corrected chi connectivity index (χ4v) is 0.726. The minimum absolute atomic E-state index is 0.521. The Labute approximate surface area is 70.2 Å². The number of hydrogen-bond acceptors (Lipinski definition) is 1. The lowest BCUT2D eigenvalue weighted by molar-refractivity contribution is -0.182. The van der Waals surface area contributed by atoms with Crippen molar-refractivity contribution in [2.45, 2.75) is 12.3 Å². The molecule has 1 aromatic heterocycles. The zero-order valence-corrected chi connectivity index (χ0v) is 6.15. The van der Waals surface area contributed by atoms with Gasteiger partial charge in [-0.3, -0.25) is 0 Å².